The lowest BCUT2D eigenvalue weighted by atomic mass is 9.83. The summed E-state index contributed by atoms with van der Waals surface area (Å²) in [6.07, 6.45) is 2.32. The summed E-state index contributed by atoms with van der Waals surface area (Å²) in [6, 6.07) is -0.816. The molecule has 1 amide bonds. The maximum atomic E-state index is 13.7. The number of hydrogen-bond donors (Lipinski definition) is 4. The van der Waals surface area contributed by atoms with Crippen LogP contribution in [0.15, 0.2) is 76.3 Å². The van der Waals surface area contributed by atoms with Crippen LogP contribution in [0.5, 0.6) is 0 Å². The molecule has 0 aliphatic carbocycles. The molecule has 7 nitrogen and oxygen atoms in total. The second-order valence-electron chi connectivity index (χ2n) is 10.3. The van der Waals surface area contributed by atoms with Crippen molar-refractivity contribution in [2.24, 2.45) is 27.8 Å². The van der Waals surface area contributed by atoms with Crippen molar-refractivity contribution in [2.75, 3.05) is 13.1 Å². The number of nitrogens with one attached hydrogen (secondary N) is 1. The van der Waals surface area contributed by atoms with E-state index in [1.807, 2.05) is 18.7 Å². The fourth-order valence-electron chi connectivity index (χ4n) is 3.93. The molecule has 1 heterocycles. The Balaban J connectivity index is 0.00000781. The summed E-state index contributed by atoms with van der Waals surface area (Å²) in [6.45, 7) is 18.9. The standard InChI is InChI=1S/C28H41F4N5O2.C2H6/c1-8-21(28(30,31)32)15-22(18(3)35-23(9-10-24(29)33)17(2)20(5)38)19(4)36-26(16-25(34)39)37-13-11-27(6,7)12-14-37;1-2/h8-10,15-18,35,38H,5,11-14,33H2,1-4,6-7H3,(H2,34,39);1-2H3/b21-8+,22-15-,23-9+,24-10-,26-16+,36-19+;. The molecule has 0 bridgehead atoms. The third kappa shape index (κ3) is 13.1. The smallest absolute Gasteiger partial charge is 0.416 e. The average Bonchev–Trinajstić information content (AvgIpc) is 2.86. The number of hydrogen-bond acceptors (Lipinski definition) is 6. The molecule has 0 aromatic rings. The minimum absolute atomic E-state index is 0.109. The van der Waals surface area contributed by atoms with Gasteiger partial charge in [-0.3, -0.25) is 4.79 Å². The van der Waals surface area contributed by atoms with E-state index in [0.29, 0.717) is 13.1 Å². The van der Waals surface area contributed by atoms with E-state index in [1.165, 1.54) is 19.9 Å². The Bertz CT molecular complexity index is 1080. The number of carbonyl (C=O) groups is 1. The van der Waals surface area contributed by atoms with Gasteiger partial charge in [0.15, 0.2) is 5.95 Å². The summed E-state index contributed by atoms with van der Waals surface area (Å²) in [5.41, 5.74) is 10.3. The number of nitrogens with zero attached hydrogens (tertiary/aromatic N) is 2. The lowest BCUT2D eigenvalue weighted by Crippen LogP contribution is -2.37. The van der Waals surface area contributed by atoms with Gasteiger partial charge in [-0.2, -0.15) is 17.6 Å². The number of aliphatic imine (C=N–C) groups is 1. The fraction of sp³-hybridized carbons (Fsp3) is 0.533. The quantitative estimate of drug-likeness (QED) is 0.0538. The maximum Gasteiger partial charge on any atom is 0.416 e. The lowest BCUT2D eigenvalue weighted by molar-refractivity contribution is -0.113. The van der Waals surface area contributed by atoms with Gasteiger partial charge in [-0.25, -0.2) is 4.99 Å². The van der Waals surface area contributed by atoms with Crippen molar-refractivity contribution < 1.29 is 27.5 Å². The molecule has 0 saturated carbocycles. The molecule has 1 aliphatic rings. The van der Waals surface area contributed by atoms with E-state index in [0.717, 1.165) is 37.1 Å². The normalized spacial score (nSPS) is 19.2. The molecule has 41 heavy (non-hydrogen) atoms. The van der Waals surface area contributed by atoms with Crippen LogP contribution < -0.4 is 16.8 Å². The van der Waals surface area contributed by atoms with Crippen molar-refractivity contribution >= 4 is 11.6 Å². The molecule has 0 radical (unpaired) electrons. The first-order valence-corrected chi connectivity index (χ1v) is 13.6. The summed E-state index contributed by atoms with van der Waals surface area (Å²) in [4.78, 5) is 18.3. The Labute approximate surface area is 242 Å². The molecule has 0 aromatic heterocycles. The third-order valence-electron chi connectivity index (χ3n) is 6.60. The summed E-state index contributed by atoms with van der Waals surface area (Å²) in [7, 11) is 0. The van der Waals surface area contributed by atoms with Crippen LogP contribution in [0.4, 0.5) is 17.6 Å². The van der Waals surface area contributed by atoms with E-state index in [1.54, 1.807) is 13.8 Å². The molecule has 1 saturated heterocycles. The van der Waals surface area contributed by atoms with Crippen LogP contribution in [-0.4, -0.2) is 46.9 Å². The molecule has 1 aliphatic heterocycles. The van der Waals surface area contributed by atoms with Gasteiger partial charge in [-0.05, 0) is 69.8 Å². The van der Waals surface area contributed by atoms with E-state index in [4.69, 9.17) is 11.5 Å². The summed E-state index contributed by atoms with van der Waals surface area (Å²) in [5, 5.41) is 12.9. The van der Waals surface area contributed by atoms with Gasteiger partial charge in [0.25, 0.3) is 0 Å². The molecule has 2 atom stereocenters. The molecular weight excluding hydrogens is 538 g/mol. The van der Waals surface area contributed by atoms with E-state index in [9.17, 15) is 27.5 Å². The Kier molecular flexibility index (Phi) is 15.3. The van der Waals surface area contributed by atoms with Crippen LogP contribution in [0.1, 0.15) is 68.2 Å². The number of primary amides is 1. The topological polar surface area (TPSA) is 117 Å². The zero-order chi connectivity index (χ0) is 32.1. The van der Waals surface area contributed by atoms with Gasteiger partial charge in [0.05, 0.1) is 23.3 Å². The number of aliphatic hydroxyl groups is 1. The minimum atomic E-state index is -4.64. The van der Waals surface area contributed by atoms with Crippen LogP contribution in [0.3, 0.4) is 0 Å². The average molecular weight is 586 g/mol. The van der Waals surface area contributed by atoms with Crippen molar-refractivity contribution in [3.8, 4) is 0 Å². The molecule has 0 spiro atoms. The van der Waals surface area contributed by atoms with Gasteiger partial charge in [0.2, 0.25) is 5.91 Å². The highest BCUT2D eigenvalue weighted by Gasteiger charge is 2.33. The Morgan fingerprint density at radius 1 is 1.12 bits per heavy atom. The van der Waals surface area contributed by atoms with Gasteiger partial charge in [0, 0.05) is 30.6 Å². The second kappa shape index (κ2) is 16.7. The van der Waals surface area contributed by atoms with Gasteiger partial charge in [0.1, 0.15) is 5.82 Å². The Morgan fingerprint density at radius 3 is 2.07 bits per heavy atom. The minimum Gasteiger partial charge on any atom is -0.512 e. The number of amides is 1. The van der Waals surface area contributed by atoms with E-state index >= 15 is 0 Å². The van der Waals surface area contributed by atoms with Crippen molar-refractivity contribution in [2.45, 2.75) is 80.4 Å². The van der Waals surface area contributed by atoms with Crippen molar-refractivity contribution in [1.29, 1.82) is 0 Å². The zero-order valence-electron chi connectivity index (χ0n) is 25.5. The monoisotopic (exact) mass is 585 g/mol. The van der Waals surface area contributed by atoms with Crippen LogP contribution >= 0.6 is 0 Å². The van der Waals surface area contributed by atoms with Crippen molar-refractivity contribution in [3.63, 3.8) is 0 Å². The highest BCUT2D eigenvalue weighted by atomic mass is 19.4. The SMILES string of the molecule is C=C(O)C(C)/C(=C\C=C(/N)F)NC(C)C(=C/C(=C\C)C(F)(F)F)/C(C)=N/C(=C\C(N)=O)N1CCC(C)(C)CC1.CC. The number of allylic oxidation sites excluding steroid dienone is 5. The molecule has 232 valence electrons. The van der Waals surface area contributed by atoms with E-state index < -0.39 is 35.6 Å². The van der Waals surface area contributed by atoms with Crippen LogP contribution in [-0.2, 0) is 4.79 Å². The second-order valence-corrected chi connectivity index (χ2v) is 10.3. The first kappa shape index (κ1) is 37.5. The summed E-state index contributed by atoms with van der Waals surface area (Å²) in [5.74, 6) is -2.43. The molecule has 6 N–H and O–H groups in total. The largest absolute Gasteiger partial charge is 0.512 e. The first-order valence-electron chi connectivity index (χ1n) is 13.6. The zero-order valence-corrected chi connectivity index (χ0v) is 25.5. The van der Waals surface area contributed by atoms with Gasteiger partial charge in [-0.1, -0.05) is 40.3 Å². The number of piperidine rings is 1. The lowest BCUT2D eigenvalue weighted by Gasteiger charge is -2.38. The molecule has 0 aromatic carbocycles. The van der Waals surface area contributed by atoms with E-state index in [2.05, 4.69) is 30.7 Å². The van der Waals surface area contributed by atoms with Crippen LogP contribution in [0, 0.1) is 11.3 Å². The molecule has 2 unspecified atom stereocenters. The summed E-state index contributed by atoms with van der Waals surface area (Å²) >= 11 is 0. The van der Waals surface area contributed by atoms with Crippen LogP contribution in [0.25, 0.3) is 0 Å². The predicted molar refractivity (Wildman–Crippen MR) is 159 cm³/mol. The number of rotatable bonds is 11. The molecule has 1 rings (SSSR count). The fourth-order valence-corrected chi connectivity index (χ4v) is 3.93. The summed E-state index contributed by atoms with van der Waals surface area (Å²) < 4.78 is 54.5. The molecule has 1 fully saturated rings. The van der Waals surface area contributed by atoms with Gasteiger partial charge in [-0.15, -0.1) is 0 Å². The van der Waals surface area contributed by atoms with Crippen molar-refractivity contribution in [3.05, 3.63) is 71.3 Å². The predicted octanol–water partition coefficient (Wildman–Crippen LogP) is 6.70. The molecule has 11 heteroatoms. The van der Waals surface area contributed by atoms with E-state index in [-0.39, 0.29) is 34.0 Å². The Morgan fingerprint density at radius 2 is 1.66 bits per heavy atom. The number of halogens is 4. The van der Waals surface area contributed by atoms with Gasteiger partial charge >= 0.3 is 6.18 Å². The number of nitrogens with two attached hydrogens (primary N) is 2. The number of likely N-dealkylation sites (tertiary alicyclic amines) is 1. The van der Waals surface area contributed by atoms with Gasteiger partial charge < -0.3 is 26.8 Å². The maximum absolute atomic E-state index is 13.7. The first-order chi connectivity index (χ1) is 18.9. The number of carbonyl (C=O) groups excluding carboxylic acids is 1. The molecular formula is C30H47F4N5O2. The number of alkyl halides is 3. The van der Waals surface area contributed by atoms with Crippen LogP contribution in [0.2, 0.25) is 0 Å². The Hall–Kier alpha value is -3.50. The third-order valence-corrected chi connectivity index (χ3v) is 6.60. The van der Waals surface area contributed by atoms with Crippen molar-refractivity contribution in [1.82, 2.24) is 10.2 Å². The highest BCUT2D eigenvalue weighted by Crippen LogP contribution is 2.32. The highest BCUT2D eigenvalue weighted by molar-refractivity contribution is 6.00. The number of aliphatic hydroxyl groups excluding tert-OH is 1.